The molecule has 6 nitrogen and oxygen atoms in total. The van der Waals surface area contributed by atoms with Gasteiger partial charge in [0.25, 0.3) is 0 Å². The summed E-state index contributed by atoms with van der Waals surface area (Å²) in [6.07, 6.45) is 3.14. The van der Waals surface area contributed by atoms with Crippen LogP contribution in [0.3, 0.4) is 0 Å². The highest BCUT2D eigenvalue weighted by molar-refractivity contribution is 7.98. The molecule has 1 rings (SSSR count). The van der Waals surface area contributed by atoms with Crippen LogP contribution in [0, 0.1) is 0 Å². The molecular weight excluding hydrogens is 312 g/mol. The minimum Gasteiger partial charge on any atom is -0.493 e. The highest BCUT2D eigenvalue weighted by Crippen LogP contribution is 2.34. The van der Waals surface area contributed by atoms with Crippen LogP contribution in [-0.4, -0.2) is 48.2 Å². The summed E-state index contributed by atoms with van der Waals surface area (Å²) in [7, 11) is 0.0765. The second-order valence-corrected chi connectivity index (χ2v) is 7.04. The average molecular weight is 334 g/mol. The minimum absolute atomic E-state index is 0.362. The predicted octanol–water partition coefficient (Wildman–Crippen LogP) is 1.06. The number of methoxy groups -OCH3 is 2. The summed E-state index contributed by atoms with van der Waals surface area (Å²) in [6, 6.07) is 3.87. The largest absolute Gasteiger partial charge is 0.493 e. The Labute approximate surface area is 130 Å². The molecule has 120 valence electrons. The summed E-state index contributed by atoms with van der Waals surface area (Å²) in [6.45, 7) is 1.54. The van der Waals surface area contributed by atoms with Gasteiger partial charge in [-0.3, -0.25) is 0 Å². The average Bonchev–Trinajstić information content (AvgIpc) is 2.44. The van der Waals surface area contributed by atoms with Gasteiger partial charge >= 0.3 is 0 Å². The van der Waals surface area contributed by atoms with Crippen LogP contribution in [-0.2, 0) is 16.6 Å². The molecule has 1 aromatic carbocycles. The first-order chi connectivity index (χ1) is 9.91. The van der Waals surface area contributed by atoms with Gasteiger partial charge in [0.15, 0.2) is 11.5 Å². The van der Waals surface area contributed by atoms with Crippen molar-refractivity contribution in [1.82, 2.24) is 10.0 Å². The van der Waals surface area contributed by atoms with Crippen molar-refractivity contribution in [3.8, 4) is 11.5 Å². The molecule has 0 aliphatic carbocycles. The van der Waals surface area contributed by atoms with Crippen LogP contribution in [0.5, 0.6) is 11.5 Å². The van der Waals surface area contributed by atoms with E-state index in [1.54, 1.807) is 26.0 Å². The molecule has 0 aliphatic rings. The van der Waals surface area contributed by atoms with Crippen molar-refractivity contribution >= 4 is 21.8 Å². The number of hydrogen-bond donors (Lipinski definition) is 2. The molecule has 0 heterocycles. The highest BCUT2D eigenvalue weighted by atomic mass is 32.2. The van der Waals surface area contributed by atoms with Crippen LogP contribution in [0.1, 0.15) is 5.56 Å². The Kier molecular flexibility index (Phi) is 7.30. The summed E-state index contributed by atoms with van der Waals surface area (Å²) in [5.74, 6) is 1.38. The van der Waals surface area contributed by atoms with Crippen molar-refractivity contribution in [2.75, 3.05) is 39.8 Å². The molecule has 0 saturated carbocycles. The van der Waals surface area contributed by atoms with Crippen LogP contribution >= 0.6 is 11.8 Å². The van der Waals surface area contributed by atoms with Crippen molar-refractivity contribution in [1.29, 1.82) is 0 Å². The summed E-state index contributed by atoms with van der Waals surface area (Å²) in [4.78, 5) is 1.09. The maximum atomic E-state index is 10.9. The Balaban J connectivity index is 2.65. The number of sulfonamides is 1. The van der Waals surface area contributed by atoms with Gasteiger partial charge in [-0.1, -0.05) is 0 Å². The molecule has 0 saturated heterocycles. The molecule has 0 amide bonds. The third-order valence-corrected chi connectivity index (χ3v) is 4.32. The smallest absolute Gasteiger partial charge is 0.208 e. The maximum Gasteiger partial charge on any atom is 0.208 e. The van der Waals surface area contributed by atoms with Crippen LogP contribution < -0.4 is 19.5 Å². The van der Waals surface area contributed by atoms with Gasteiger partial charge < -0.3 is 14.8 Å². The number of benzene rings is 1. The van der Waals surface area contributed by atoms with Crippen molar-refractivity contribution in [2.45, 2.75) is 11.4 Å². The zero-order valence-corrected chi connectivity index (χ0v) is 14.4. The fourth-order valence-corrected chi connectivity index (χ4v) is 2.87. The molecule has 21 heavy (non-hydrogen) atoms. The fourth-order valence-electron chi connectivity index (χ4n) is 1.78. The monoisotopic (exact) mass is 334 g/mol. The van der Waals surface area contributed by atoms with Crippen molar-refractivity contribution in [2.24, 2.45) is 0 Å². The van der Waals surface area contributed by atoms with Gasteiger partial charge in [-0.25, -0.2) is 13.1 Å². The number of hydrogen-bond acceptors (Lipinski definition) is 6. The first kappa shape index (κ1) is 18.1. The third kappa shape index (κ3) is 6.13. The van der Waals surface area contributed by atoms with E-state index in [0.717, 1.165) is 16.7 Å². The fraction of sp³-hybridized carbons (Fsp3) is 0.538. The molecule has 0 atom stereocenters. The second-order valence-electron chi connectivity index (χ2n) is 4.36. The molecule has 1 aromatic rings. The van der Waals surface area contributed by atoms with E-state index in [-0.39, 0.29) is 0 Å². The van der Waals surface area contributed by atoms with Crippen molar-refractivity contribution in [3.63, 3.8) is 0 Å². The Hall–Kier alpha value is -0.960. The normalized spacial score (nSPS) is 11.4. The topological polar surface area (TPSA) is 76.7 Å². The summed E-state index contributed by atoms with van der Waals surface area (Å²) in [5.41, 5.74) is 1.08. The predicted molar refractivity (Wildman–Crippen MR) is 85.9 cm³/mol. The second kappa shape index (κ2) is 8.47. The Bertz CT molecular complexity index is 562. The Morgan fingerprint density at radius 1 is 1.14 bits per heavy atom. The summed E-state index contributed by atoms with van der Waals surface area (Å²) >= 11 is 1.63. The molecule has 0 fully saturated rings. The van der Waals surface area contributed by atoms with E-state index in [9.17, 15) is 8.42 Å². The zero-order chi connectivity index (χ0) is 15.9. The van der Waals surface area contributed by atoms with E-state index >= 15 is 0 Å². The minimum atomic E-state index is -3.13. The number of thioether (sulfide) groups is 1. The van der Waals surface area contributed by atoms with Crippen molar-refractivity contribution < 1.29 is 17.9 Å². The van der Waals surface area contributed by atoms with Gasteiger partial charge in [-0.2, -0.15) is 0 Å². The summed E-state index contributed by atoms with van der Waals surface area (Å²) in [5, 5.41) is 3.20. The van der Waals surface area contributed by atoms with Gasteiger partial charge in [0.1, 0.15) is 0 Å². The number of ether oxygens (including phenoxy) is 2. The molecule has 0 bridgehead atoms. The van der Waals surface area contributed by atoms with Gasteiger partial charge in [0.05, 0.1) is 20.5 Å². The van der Waals surface area contributed by atoms with Gasteiger partial charge in [-0.15, -0.1) is 11.8 Å². The number of rotatable bonds is 9. The third-order valence-electron chi connectivity index (χ3n) is 2.77. The lowest BCUT2D eigenvalue weighted by molar-refractivity contribution is 0.353. The van der Waals surface area contributed by atoms with Gasteiger partial charge in [0.2, 0.25) is 10.0 Å². The first-order valence-electron chi connectivity index (χ1n) is 6.35. The Morgan fingerprint density at radius 2 is 1.76 bits per heavy atom. The van der Waals surface area contributed by atoms with E-state index in [0.29, 0.717) is 31.1 Å². The molecule has 0 unspecified atom stereocenters. The quantitative estimate of drug-likeness (QED) is 0.519. The van der Waals surface area contributed by atoms with E-state index in [1.165, 1.54) is 0 Å². The molecule has 0 aliphatic heterocycles. The van der Waals surface area contributed by atoms with Crippen LogP contribution in [0.15, 0.2) is 17.0 Å². The molecular formula is C13H22N2O4S2. The molecule has 8 heteroatoms. The molecule has 0 spiro atoms. The SMILES string of the molecule is COc1cc(CNCCNS(C)(=O)=O)c(SC)cc1OC. The summed E-state index contributed by atoms with van der Waals surface area (Å²) < 4.78 is 34.9. The molecule has 2 N–H and O–H groups in total. The first-order valence-corrected chi connectivity index (χ1v) is 9.47. The maximum absolute atomic E-state index is 10.9. The number of nitrogens with one attached hydrogen (secondary N) is 2. The van der Waals surface area contributed by atoms with Crippen LogP contribution in [0.2, 0.25) is 0 Å². The van der Waals surface area contributed by atoms with E-state index in [2.05, 4.69) is 10.0 Å². The van der Waals surface area contributed by atoms with Crippen molar-refractivity contribution in [3.05, 3.63) is 17.7 Å². The van der Waals surface area contributed by atoms with E-state index in [4.69, 9.17) is 9.47 Å². The lowest BCUT2D eigenvalue weighted by Crippen LogP contribution is -2.30. The zero-order valence-electron chi connectivity index (χ0n) is 12.7. The van der Waals surface area contributed by atoms with Gasteiger partial charge in [-0.05, 0) is 24.0 Å². The van der Waals surface area contributed by atoms with Crippen LogP contribution in [0.25, 0.3) is 0 Å². The molecule has 0 radical (unpaired) electrons. The van der Waals surface area contributed by atoms with E-state index < -0.39 is 10.0 Å². The lowest BCUT2D eigenvalue weighted by atomic mass is 10.2. The van der Waals surface area contributed by atoms with Crippen LogP contribution in [0.4, 0.5) is 0 Å². The standard InChI is InChI=1S/C13H22N2O4S2/c1-18-11-7-10(13(20-3)8-12(11)19-2)9-14-5-6-15-21(4,16)17/h7-8,14-15H,5-6,9H2,1-4H3. The Morgan fingerprint density at radius 3 is 2.29 bits per heavy atom. The highest BCUT2D eigenvalue weighted by Gasteiger charge is 2.10. The van der Waals surface area contributed by atoms with Gasteiger partial charge in [0, 0.05) is 24.5 Å². The van der Waals surface area contributed by atoms with E-state index in [1.807, 2.05) is 18.4 Å². The lowest BCUT2D eigenvalue weighted by Gasteiger charge is -2.14. The molecule has 0 aromatic heterocycles.